The van der Waals surface area contributed by atoms with Crippen molar-refractivity contribution in [2.24, 2.45) is 5.92 Å². The van der Waals surface area contributed by atoms with E-state index in [0.29, 0.717) is 29.2 Å². The molecule has 1 spiro atoms. The summed E-state index contributed by atoms with van der Waals surface area (Å²) in [5.41, 5.74) is 0.886. The monoisotopic (exact) mass is 442 g/mol. The van der Waals surface area contributed by atoms with E-state index in [1.807, 2.05) is 17.0 Å². The molecule has 1 amide bonds. The third kappa shape index (κ3) is 4.12. The lowest BCUT2D eigenvalue weighted by Crippen LogP contribution is -2.75. The van der Waals surface area contributed by atoms with Gasteiger partial charge >= 0.3 is 0 Å². The predicted octanol–water partition coefficient (Wildman–Crippen LogP) is 4.12. The zero-order valence-electron chi connectivity index (χ0n) is 19.7. The zero-order valence-corrected chi connectivity index (χ0v) is 19.7. The second-order valence-corrected chi connectivity index (χ2v) is 10.2. The number of benzene rings is 1. The maximum atomic E-state index is 13.2. The van der Waals surface area contributed by atoms with E-state index in [-0.39, 0.29) is 11.4 Å². The molecule has 0 aromatic heterocycles. The number of likely N-dealkylation sites (tertiary alicyclic amines) is 2. The summed E-state index contributed by atoms with van der Waals surface area (Å²) >= 11 is 0. The van der Waals surface area contributed by atoms with Gasteiger partial charge in [-0.15, -0.1) is 0 Å². The largest absolute Gasteiger partial charge is 0.497 e. The van der Waals surface area contributed by atoms with Crippen molar-refractivity contribution in [2.75, 3.05) is 40.5 Å². The van der Waals surface area contributed by atoms with Crippen LogP contribution in [0.2, 0.25) is 0 Å². The highest BCUT2D eigenvalue weighted by Crippen LogP contribution is 2.48. The van der Waals surface area contributed by atoms with Crippen molar-refractivity contribution in [3.63, 3.8) is 0 Å². The van der Waals surface area contributed by atoms with Crippen LogP contribution in [0.25, 0.3) is 0 Å². The molecule has 2 heterocycles. The third-order valence-electron chi connectivity index (χ3n) is 8.31. The Morgan fingerprint density at radius 3 is 2.44 bits per heavy atom. The van der Waals surface area contributed by atoms with Crippen molar-refractivity contribution in [3.05, 3.63) is 23.8 Å². The van der Waals surface area contributed by atoms with Crippen LogP contribution >= 0.6 is 0 Å². The molecule has 2 saturated carbocycles. The summed E-state index contributed by atoms with van der Waals surface area (Å²) in [5.74, 6) is 2.17. The van der Waals surface area contributed by atoms with E-state index < -0.39 is 0 Å². The van der Waals surface area contributed by atoms with Gasteiger partial charge in [0.15, 0.2) is 0 Å². The average molecular weight is 443 g/mol. The van der Waals surface area contributed by atoms with E-state index in [9.17, 15) is 4.79 Å². The Balaban J connectivity index is 1.21. The first-order chi connectivity index (χ1) is 15.6. The lowest BCUT2D eigenvalue weighted by Gasteiger charge is -2.63. The van der Waals surface area contributed by atoms with Crippen LogP contribution in [0.5, 0.6) is 11.5 Å². The molecule has 4 fully saturated rings. The van der Waals surface area contributed by atoms with Gasteiger partial charge in [0, 0.05) is 43.9 Å². The molecule has 0 radical (unpaired) electrons. The number of rotatable bonds is 7. The molecule has 0 N–H and O–H groups in total. The van der Waals surface area contributed by atoms with Crippen LogP contribution in [0.1, 0.15) is 68.1 Å². The van der Waals surface area contributed by atoms with Crippen LogP contribution in [0.4, 0.5) is 0 Å². The molecule has 176 valence electrons. The van der Waals surface area contributed by atoms with Gasteiger partial charge < -0.3 is 19.1 Å². The molecule has 2 saturated heterocycles. The molecule has 1 aromatic carbocycles. The fourth-order valence-corrected chi connectivity index (χ4v) is 6.16. The molecule has 4 aliphatic rings. The van der Waals surface area contributed by atoms with Gasteiger partial charge in [0.05, 0.1) is 25.9 Å². The van der Waals surface area contributed by atoms with Crippen molar-refractivity contribution in [3.8, 4) is 11.5 Å². The van der Waals surface area contributed by atoms with Crippen LogP contribution in [0.3, 0.4) is 0 Å². The number of methoxy groups -OCH3 is 2. The first-order valence-electron chi connectivity index (χ1n) is 12.5. The number of carbonyl (C=O) groups is 1. The number of piperidine rings is 1. The SMILES string of the molecule is COc1ccc(C(=O)N2CCC(N3CC(OCC4CC4)C34CCCCC4)CC2)c(OC)c1. The van der Waals surface area contributed by atoms with Gasteiger partial charge in [0.2, 0.25) is 0 Å². The second-order valence-electron chi connectivity index (χ2n) is 10.2. The number of nitrogens with zero attached hydrogens (tertiary/aromatic N) is 2. The summed E-state index contributed by atoms with van der Waals surface area (Å²) in [6.45, 7) is 3.66. The van der Waals surface area contributed by atoms with Crippen molar-refractivity contribution < 1.29 is 19.0 Å². The summed E-state index contributed by atoms with van der Waals surface area (Å²) < 4.78 is 17.2. The van der Waals surface area contributed by atoms with E-state index >= 15 is 0 Å². The van der Waals surface area contributed by atoms with Crippen LogP contribution < -0.4 is 9.47 Å². The van der Waals surface area contributed by atoms with Crippen LogP contribution in [0.15, 0.2) is 18.2 Å². The minimum absolute atomic E-state index is 0.0598. The molecular formula is C26H38N2O4. The minimum Gasteiger partial charge on any atom is -0.497 e. The molecule has 1 atom stereocenters. The Morgan fingerprint density at radius 1 is 1.03 bits per heavy atom. The van der Waals surface area contributed by atoms with Crippen molar-refractivity contribution in [2.45, 2.75) is 75.5 Å². The number of carbonyl (C=O) groups excluding carboxylic acids is 1. The van der Waals surface area contributed by atoms with Crippen LogP contribution in [-0.2, 0) is 4.74 Å². The smallest absolute Gasteiger partial charge is 0.257 e. The average Bonchev–Trinajstić information content (AvgIpc) is 3.68. The van der Waals surface area contributed by atoms with Gasteiger partial charge in [0.25, 0.3) is 5.91 Å². The van der Waals surface area contributed by atoms with E-state index in [2.05, 4.69) is 4.90 Å². The lowest BCUT2D eigenvalue weighted by atomic mass is 9.69. The number of hydrogen-bond donors (Lipinski definition) is 0. The fourth-order valence-electron chi connectivity index (χ4n) is 6.16. The maximum absolute atomic E-state index is 13.2. The maximum Gasteiger partial charge on any atom is 0.257 e. The van der Waals surface area contributed by atoms with Crippen molar-refractivity contribution in [1.29, 1.82) is 0 Å². The quantitative estimate of drug-likeness (QED) is 0.636. The molecule has 2 aliphatic heterocycles. The topological polar surface area (TPSA) is 51.2 Å². The van der Waals surface area contributed by atoms with E-state index in [4.69, 9.17) is 14.2 Å². The van der Waals surface area contributed by atoms with E-state index in [1.54, 1.807) is 20.3 Å². The van der Waals surface area contributed by atoms with Crippen LogP contribution in [0, 0.1) is 5.92 Å². The Morgan fingerprint density at radius 2 is 1.78 bits per heavy atom. The standard InChI is InChI=1S/C26H38N2O4/c1-30-21-8-9-22(23(16-21)31-2)25(29)27-14-10-20(11-15-27)28-17-24(32-18-19-6-7-19)26(28)12-4-3-5-13-26/h8-9,16,19-20,24H,3-7,10-15,17-18H2,1-2H3. The highest BCUT2D eigenvalue weighted by Gasteiger charge is 2.56. The molecule has 32 heavy (non-hydrogen) atoms. The predicted molar refractivity (Wildman–Crippen MR) is 123 cm³/mol. The summed E-state index contributed by atoms with van der Waals surface area (Å²) in [6.07, 6.45) is 11.8. The number of ether oxygens (including phenoxy) is 3. The zero-order chi connectivity index (χ0) is 22.1. The summed E-state index contributed by atoms with van der Waals surface area (Å²) in [4.78, 5) is 18.0. The Bertz CT molecular complexity index is 810. The van der Waals surface area contributed by atoms with Gasteiger partial charge in [0.1, 0.15) is 11.5 Å². The van der Waals surface area contributed by atoms with E-state index in [0.717, 1.165) is 45.0 Å². The number of amides is 1. The molecule has 0 bridgehead atoms. The Labute approximate surface area is 192 Å². The van der Waals surface area contributed by atoms with E-state index in [1.165, 1.54) is 44.9 Å². The highest BCUT2D eigenvalue weighted by molar-refractivity contribution is 5.97. The highest BCUT2D eigenvalue weighted by atomic mass is 16.5. The van der Waals surface area contributed by atoms with Gasteiger partial charge in [-0.3, -0.25) is 9.69 Å². The van der Waals surface area contributed by atoms with Gasteiger partial charge in [-0.2, -0.15) is 0 Å². The Hall–Kier alpha value is -1.79. The van der Waals surface area contributed by atoms with Crippen molar-refractivity contribution in [1.82, 2.24) is 9.80 Å². The molecule has 2 aliphatic carbocycles. The van der Waals surface area contributed by atoms with Gasteiger partial charge in [-0.25, -0.2) is 0 Å². The molecule has 1 aromatic rings. The first kappa shape index (κ1) is 22.0. The van der Waals surface area contributed by atoms with Crippen LogP contribution in [-0.4, -0.2) is 73.9 Å². The number of hydrogen-bond acceptors (Lipinski definition) is 5. The molecule has 6 nitrogen and oxygen atoms in total. The van der Waals surface area contributed by atoms with Gasteiger partial charge in [-0.1, -0.05) is 19.3 Å². The normalized spacial score (nSPS) is 26.1. The molecule has 1 unspecified atom stereocenters. The summed E-state index contributed by atoms with van der Waals surface area (Å²) in [7, 11) is 3.23. The minimum atomic E-state index is 0.0598. The second kappa shape index (κ2) is 9.22. The molecule has 5 rings (SSSR count). The molecular weight excluding hydrogens is 404 g/mol. The summed E-state index contributed by atoms with van der Waals surface area (Å²) in [6, 6.07) is 6.00. The van der Waals surface area contributed by atoms with Gasteiger partial charge in [-0.05, 0) is 56.6 Å². The summed E-state index contributed by atoms with van der Waals surface area (Å²) in [5, 5.41) is 0. The fraction of sp³-hybridized carbons (Fsp3) is 0.731. The van der Waals surface area contributed by atoms with Crippen molar-refractivity contribution >= 4 is 5.91 Å². The third-order valence-corrected chi connectivity index (χ3v) is 8.31. The first-order valence-corrected chi connectivity index (χ1v) is 12.5. The Kier molecular flexibility index (Phi) is 6.35. The molecule has 6 heteroatoms. The lowest BCUT2D eigenvalue weighted by molar-refractivity contribution is -0.202.